The Labute approximate surface area is 180 Å². The van der Waals surface area contributed by atoms with Crippen LogP contribution in [0.15, 0.2) is 71.6 Å². The lowest BCUT2D eigenvalue weighted by Gasteiger charge is -2.19. The summed E-state index contributed by atoms with van der Waals surface area (Å²) in [6.07, 6.45) is 0.530. The fourth-order valence-electron chi connectivity index (χ4n) is 3.40. The highest BCUT2D eigenvalue weighted by molar-refractivity contribution is 7.92. The molecule has 8 heteroatoms. The lowest BCUT2D eigenvalue weighted by Crippen LogP contribution is -2.29. The fraction of sp³-hybridized carbons (Fsp3) is 0.136. The van der Waals surface area contributed by atoms with Crippen LogP contribution in [0.3, 0.4) is 0 Å². The van der Waals surface area contributed by atoms with Gasteiger partial charge in [-0.25, -0.2) is 8.42 Å². The first-order chi connectivity index (χ1) is 14.4. The highest BCUT2D eigenvalue weighted by atomic mass is 35.5. The van der Waals surface area contributed by atoms with Crippen molar-refractivity contribution in [3.63, 3.8) is 0 Å². The van der Waals surface area contributed by atoms with Crippen molar-refractivity contribution in [1.29, 1.82) is 0 Å². The van der Waals surface area contributed by atoms with E-state index >= 15 is 0 Å². The molecule has 4 rings (SSSR count). The van der Waals surface area contributed by atoms with Gasteiger partial charge in [0, 0.05) is 28.9 Å². The van der Waals surface area contributed by atoms with Crippen LogP contribution in [0.1, 0.15) is 15.9 Å². The average Bonchev–Trinajstić information content (AvgIpc) is 3.18. The van der Waals surface area contributed by atoms with Crippen molar-refractivity contribution in [1.82, 2.24) is 0 Å². The lowest BCUT2D eigenvalue weighted by molar-refractivity contribution is 0.102. The number of halogens is 1. The Morgan fingerprint density at radius 3 is 2.57 bits per heavy atom. The normalized spacial score (nSPS) is 13.1. The van der Waals surface area contributed by atoms with E-state index in [4.69, 9.17) is 16.3 Å². The van der Waals surface area contributed by atoms with E-state index in [1.54, 1.807) is 61.7 Å². The number of nitrogens with one attached hydrogen (secondary N) is 1. The number of fused-ring (bicyclic) bond motifs is 1. The second-order valence-corrected chi connectivity index (χ2v) is 9.11. The molecule has 0 atom stereocenters. The minimum absolute atomic E-state index is 0.180. The zero-order valence-electron chi connectivity index (χ0n) is 16.1. The predicted octanol–water partition coefficient (Wildman–Crippen LogP) is 4.35. The van der Waals surface area contributed by atoms with E-state index in [1.807, 2.05) is 0 Å². The van der Waals surface area contributed by atoms with E-state index < -0.39 is 10.0 Å². The Balaban J connectivity index is 1.57. The molecule has 3 aromatic rings. The third-order valence-electron chi connectivity index (χ3n) is 4.92. The van der Waals surface area contributed by atoms with Crippen molar-refractivity contribution in [3.05, 3.63) is 82.9 Å². The van der Waals surface area contributed by atoms with Gasteiger partial charge in [-0.1, -0.05) is 17.7 Å². The van der Waals surface area contributed by atoms with E-state index in [-0.39, 0.29) is 10.8 Å². The van der Waals surface area contributed by atoms with Gasteiger partial charge in [0.15, 0.2) is 0 Å². The van der Waals surface area contributed by atoms with Gasteiger partial charge in [0.05, 0.1) is 17.7 Å². The molecular weight excluding hydrogens is 424 g/mol. The predicted molar refractivity (Wildman–Crippen MR) is 117 cm³/mol. The maximum atomic E-state index is 13.0. The molecule has 0 aliphatic carbocycles. The van der Waals surface area contributed by atoms with Crippen LogP contribution in [0.5, 0.6) is 5.75 Å². The van der Waals surface area contributed by atoms with E-state index in [0.29, 0.717) is 40.7 Å². The Morgan fingerprint density at radius 1 is 1.07 bits per heavy atom. The molecule has 1 N–H and O–H groups in total. The Hall–Kier alpha value is -3.03. The quantitative estimate of drug-likeness (QED) is 0.637. The number of nitrogens with zero attached hydrogens (tertiary/aromatic N) is 1. The number of rotatable bonds is 5. The zero-order chi connectivity index (χ0) is 21.3. The second kappa shape index (κ2) is 8.01. The Kier molecular flexibility index (Phi) is 5.40. The lowest BCUT2D eigenvalue weighted by atomic mass is 10.1. The molecule has 154 valence electrons. The number of anilines is 2. The molecule has 0 saturated carbocycles. The van der Waals surface area contributed by atoms with E-state index in [2.05, 4.69) is 5.32 Å². The van der Waals surface area contributed by atoms with Crippen LogP contribution in [-0.2, 0) is 16.4 Å². The van der Waals surface area contributed by atoms with Crippen molar-refractivity contribution < 1.29 is 17.9 Å². The molecule has 30 heavy (non-hydrogen) atoms. The molecule has 0 aromatic heterocycles. The molecule has 0 bridgehead atoms. The number of sulfonamides is 1. The highest BCUT2D eigenvalue weighted by Crippen LogP contribution is 2.34. The Morgan fingerprint density at radius 2 is 1.83 bits per heavy atom. The SMILES string of the molecule is COc1cccc(NC(=O)c2ccc3c(c2)CCN3S(=O)(=O)c2ccc(Cl)cc2)c1. The summed E-state index contributed by atoms with van der Waals surface area (Å²) < 4.78 is 32.6. The summed E-state index contributed by atoms with van der Waals surface area (Å²) in [5.41, 5.74) is 2.47. The van der Waals surface area contributed by atoms with Gasteiger partial charge in [-0.15, -0.1) is 0 Å². The molecular formula is C22H19ClN2O4S. The Bertz CT molecular complexity index is 1210. The number of hydrogen-bond acceptors (Lipinski definition) is 4. The molecule has 0 unspecified atom stereocenters. The second-order valence-electron chi connectivity index (χ2n) is 6.81. The van der Waals surface area contributed by atoms with Crippen LogP contribution >= 0.6 is 11.6 Å². The summed E-state index contributed by atoms with van der Waals surface area (Å²) in [6, 6.07) is 18.2. The van der Waals surface area contributed by atoms with E-state index in [0.717, 1.165) is 5.56 Å². The number of carbonyl (C=O) groups excluding carboxylic acids is 1. The molecule has 0 fully saturated rings. The van der Waals surface area contributed by atoms with Crippen LogP contribution in [0.2, 0.25) is 5.02 Å². The number of amides is 1. The fourth-order valence-corrected chi connectivity index (χ4v) is 5.03. The van der Waals surface area contributed by atoms with Gasteiger partial charge in [-0.05, 0) is 66.6 Å². The zero-order valence-corrected chi connectivity index (χ0v) is 17.7. The first-order valence-corrected chi connectivity index (χ1v) is 11.1. The van der Waals surface area contributed by atoms with Crippen molar-refractivity contribution in [2.24, 2.45) is 0 Å². The molecule has 1 heterocycles. The summed E-state index contributed by atoms with van der Waals surface area (Å²) in [5, 5.41) is 3.31. The molecule has 3 aromatic carbocycles. The summed E-state index contributed by atoms with van der Waals surface area (Å²) >= 11 is 5.87. The van der Waals surface area contributed by atoms with E-state index in [9.17, 15) is 13.2 Å². The minimum Gasteiger partial charge on any atom is -0.497 e. The monoisotopic (exact) mass is 442 g/mol. The van der Waals surface area contributed by atoms with Gasteiger partial charge in [0.2, 0.25) is 0 Å². The standard InChI is InChI=1S/C22H19ClN2O4S/c1-29-19-4-2-3-18(14-19)24-22(26)16-5-10-21-15(13-16)11-12-25(21)30(27,28)20-8-6-17(23)7-9-20/h2-10,13-14H,11-12H2,1H3,(H,24,26). The van der Waals surface area contributed by atoms with Gasteiger partial charge >= 0.3 is 0 Å². The van der Waals surface area contributed by atoms with Crippen molar-refractivity contribution >= 4 is 38.9 Å². The highest BCUT2D eigenvalue weighted by Gasteiger charge is 2.31. The summed E-state index contributed by atoms with van der Waals surface area (Å²) in [7, 11) is -2.14. The van der Waals surface area contributed by atoms with Crippen LogP contribution in [0.4, 0.5) is 11.4 Å². The molecule has 1 aliphatic heterocycles. The summed E-state index contributed by atoms with van der Waals surface area (Å²) in [4.78, 5) is 12.8. The number of methoxy groups -OCH3 is 1. The van der Waals surface area contributed by atoms with Crippen molar-refractivity contribution in [2.75, 3.05) is 23.3 Å². The number of ether oxygens (including phenoxy) is 1. The molecule has 6 nitrogen and oxygen atoms in total. The van der Waals surface area contributed by atoms with Crippen LogP contribution in [-0.4, -0.2) is 28.0 Å². The third-order valence-corrected chi connectivity index (χ3v) is 7.00. The molecule has 0 spiro atoms. The van der Waals surface area contributed by atoms with Gasteiger partial charge in [0.25, 0.3) is 15.9 Å². The van der Waals surface area contributed by atoms with Crippen LogP contribution in [0.25, 0.3) is 0 Å². The molecule has 0 saturated heterocycles. The van der Waals surface area contributed by atoms with Gasteiger partial charge in [0.1, 0.15) is 5.75 Å². The summed E-state index contributed by atoms with van der Waals surface area (Å²) in [5.74, 6) is 0.370. The number of carbonyl (C=O) groups is 1. The number of hydrogen-bond donors (Lipinski definition) is 1. The maximum Gasteiger partial charge on any atom is 0.264 e. The molecule has 1 amide bonds. The van der Waals surface area contributed by atoms with E-state index in [1.165, 1.54) is 16.4 Å². The minimum atomic E-state index is -3.70. The number of benzene rings is 3. The maximum absolute atomic E-state index is 13.0. The van der Waals surface area contributed by atoms with Gasteiger partial charge in [-0.2, -0.15) is 0 Å². The van der Waals surface area contributed by atoms with Crippen molar-refractivity contribution in [2.45, 2.75) is 11.3 Å². The molecule has 0 radical (unpaired) electrons. The van der Waals surface area contributed by atoms with Gasteiger partial charge in [-0.3, -0.25) is 9.10 Å². The largest absolute Gasteiger partial charge is 0.497 e. The first-order valence-electron chi connectivity index (χ1n) is 9.25. The smallest absolute Gasteiger partial charge is 0.264 e. The van der Waals surface area contributed by atoms with Gasteiger partial charge < -0.3 is 10.1 Å². The van der Waals surface area contributed by atoms with Crippen LogP contribution < -0.4 is 14.4 Å². The topological polar surface area (TPSA) is 75.7 Å². The molecule has 1 aliphatic rings. The average molecular weight is 443 g/mol. The third kappa shape index (κ3) is 3.86. The first kappa shape index (κ1) is 20.3. The van der Waals surface area contributed by atoms with Crippen LogP contribution in [0, 0.1) is 0 Å². The van der Waals surface area contributed by atoms with Crippen molar-refractivity contribution in [3.8, 4) is 5.75 Å². The summed E-state index contributed by atoms with van der Waals surface area (Å²) in [6.45, 7) is 0.321.